The molecule has 0 aliphatic heterocycles. The second-order valence-corrected chi connectivity index (χ2v) is 4.79. The van der Waals surface area contributed by atoms with Crippen molar-refractivity contribution in [2.24, 2.45) is 0 Å². The Morgan fingerprint density at radius 3 is 2.65 bits per heavy atom. The molecule has 2 heterocycles. The van der Waals surface area contributed by atoms with Crippen molar-refractivity contribution in [2.45, 2.75) is 13.8 Å². The summed E-state index contributed by atoms with van der Waals surface area (Å²) in [5.74, 6) is -0.192. The van der Waals surface area contributed by atoms with Gasteiger partial charge in [0, 0.05) is 17.6 Å². The molecule has 1 N–H and O–H groups in total. The predicted octanol–water partition coefficient (Wildman–Crippen LogP) is 3.20. The predicted molar refractivity (Wildman–Crippen MR) is 79.1 cm³/mol. The third-order valence-electron chi connectivity index (χ3n) is 3.32. The van der Waals surface area contributed by atoms with Crippen LogP contribution in [0.2, 0.25) is 0 Å². The van der Waals surface area contributed by atoms with Crippen LogP contribution in [0.3, 0.4) is 0 Å². The maximum absolute atomic E-state index is 12.3. The molecule has 0 bridgehead atoms. The summed E-state index contributed by atoms with van der Waals surface area (Å²) in [5.41, 5.74) is 4.08. The molecular weight excluding hydrogens is 250 g/mol. The number of nitrogens with zero attached hydrogens (tertiary/aromatic N) is 2. The number of aromatic nitrogens is 2. The summed E-state index contributed by atoms with van der Waals surface area (Å²) in [4.78, 5) is 16.6. The molecule has 4 nitrogen and oxygen atoms in total. The van der Waals surface area contributed by atoms with Gasteiger partial charge in [0.25, 0.3) is 5.91 Å². The van der Waals surface area contributed by atoms with E-state index in [2.05, 4.69) is 10.3 Å². The van der Waals surface area contributed by atoms with Crippen molar-refractivity contribution in [3.63, 3.8) is 0 Å². The highest BCUT2D eigenvalue weighted by Gasteiger charge is 2.12. The van der Waals surface area contributed by atoms with Gasteiger partial charge >= 0.3 is 0 Å². The van der Waals surface area contributed by atoms with Gasteiger partial charge in [-0.2, -0.15) is 0 Å². The van der Waals surface area contributed by atoms with E-state index >= 15 is 0 Å². The number of rotatable bonds is 2. The van der Waals surface area contributed by atoms with E-state index in [-0.39, 0.29) is 5.91 Å². The third kappa shape index (κ3) is 2.16. The first-order valence-electron chi connectivity index (χ1n) is 6.47. The van der Waals surface area contributed by atoms with Crippen LogP contribution >= 0.6 is 0 Å². The van der Waals surface area contributed by atoms with Crippen LogP contribution in [0.5, 0.6) is 0 Å². The Morgan fingerprint density at radius 1 is 1.10 bits per heavy atom. The SMILES string of the molecule is Cc1ccccc1NC(=O)c1cn2c(C)cccc2n1. The lowest BCUT2D eigenvalue weighted by atomic mass is 10.2. The first-order valence-corrected chi connectivity index (χ1v) is 6.47. The van der Waals surface area contributed by atoms with Crippen LogP contribution in [0.1, 0.15) is 21.7 Å². The fraction of sp³-hybridized carbons (Fsp3) is 0.125. The van der Waals surface area contributed by atoms with Crippen molar-refractivity contribution in [1.82, 2.24) is 9.38 Å². The van der Waals surface area contributed by atoms with Crippen LogP contribution in [0, 0.1) is 13.8 Å². The van der Waals surface area contributed by atoms with Gasteiger partial charge in [-0.1, -0.05) is 24.3 Å². The molecule has 20 heavy (non-hydrogen) atoms. The lowest BCUT2D eigenvalue weighted by molar-refractivity contribution is 0.102. The summed E-state index contributed by atoms with van der Waals surface area (Å²) in [6.45, 7) is 3.95. The molecule has 3 rings (SSSR count). The van der Waals surface area contributed by atoms with Crippen molar-refractivity contribution >= 4 is 17.2 Å². The standard InChI is InChI=1S/C16H15N3O/c1-11-6-3-4-8-13(11)18-16(20)14-10-19-12(2)7-5-9-15(19)17-14/h3-10H,1-2H3,(H,18,20). The van der Waals surface area contributed by atoms with Crippen LogP contribution in [0.15, 0.2) is 48.7 Å². The van der Waals surface area contributed by atoms with Crippen LogP contribution < -0.4 is 5.32 Å². The van der Waals surface area contributed by atoms with Crippen molar-refractivity contribution in [1.29, 1.82) is 0 Å². The summed E-state index contributed by atoms with van der Waals surface area (Å²) < 4.78 is 1.91. The molecule has 0 saturated heterocycles. The summed E-state index contributed by atoms with van der Waals surface area (Å²) in [6.07, 6.45) is 1.76. The van der Waals surface area contributed by atoms with Crippen LogP contribution in [0.4, 0.5) is 5.69 Å². The van der Waals surface area contributed by atoms with Gasteiger partial charge in [-0.15, -0.1) is 0 Å². The van der Waals surface area contributed by atoms with Gasteiger partial charge in [0.15, 0.2) is 0 Å². The lowest BCUT2D eigenvalue weighted by Gasteiger charge is -2.05. The number of pyridine rings is 1. The number of fused-ring (bicyclic) bond motifs is 1. The monoisotopic (exact) mass is 265 g/mol. The molecule has 0 aliphatic rings. The highest BCUT2D eigenvalue weighted by molar-refractivity contribution is 6.03. The van der Waals surface area contributed by atoms with Gasteiger partial charge in [0.2, 0.25) is 0 Å². The van der Waals surface area contributed by atoms with E-state index in [0.717, 1.165) is 22.6 Å². The number of carbonyl (C=O) groups is 1. The molecule has 0 saturated carbocycles. The Morgan fingerprint density at radius 2 is 1.90 bits per heavy atom. The minimum absolute atomic E-state index is 0.192. The van der Waals surface area contributed by atoms with Gasteiger partial charge in [-0.3, -0.25) is 4.79 Å². The van der Waals surface area contributed by atoms with Crippen LogP contribution in [0.25, 0.3) is 5.65 Å². The Bertz CT molecular complexity index is 789. The minimum atomic E-state index is -0.192. The molecule has 0 radical (unpaired) electrons. The van der Waals surface area contributed by atoms with Crippen LogP contribution in [-0.2, 0) is 0 Å². The number of amides is 1. The number of anilines is 1. The van der Waals surface area contributed by atoms with Crippen molar-refractivity contribution in [2.75, 3.05) is 5.32 Å². The number of hydrogen-bond acceptors (Lipinski definition) is 2. The number of aryl methyl sites for hydroxylation is 2. The van der Waals surface area contributed by atoms with Gasteiger partial charge in [-0.25, -0.2) is 4.98 Å². The zero-order valence-electron chi connectivity index (χ0n) is 11.4. The number of imidazole rings is 1. The third-order valence-corrected chi connectivity index (χ3v) is 3.32. The van der Waals surface area contributed by atoms with E-state index < -0.39 is 0 Å². The van der Waals surface area contributed by atoms with E-state index in [1.165, 1.54) is 0 Å². The van der Waals surface area contributed by atoms with Crippen molar-refractivity contribution in [3.05, 3.63) is 65.6 Å². The average molecular weight is 265 g/mol. The highest BCUT2D eigenvalue weighted by atomic mass is 16.1. The maximum atomic E-state index is 12.3. The summed E-state index contributed by atoms with van der Waals surface area (Å²) >= 11 is 0. The first-order chi connectivity index (χ1) is 9.65. The minimum Gasteiger partial charge on any atom is -0.320 e. The van der Waals surface area contributed by atoms with E-state index in [0.29, 0.717) is 5.69 Å². The first kappa shape index (κ1) is 12.4. The number of para-hydroxylation sites is 1. The largest absolute Gasteiger partial charge is 0.320 e. The number of hydrogen-bond donors (Lipinski definition) is 1. The average Bonchev–Trinajstić information content (AvgIpc) is 2.87. The quantitative estimate of drug-likeness (QED) is 0.773. The van der Waals surface area contributed by atoms with Gasteiger partial charge in [-0.05, 0) is 37.6 Å². The van der Waals surface area contributed by atoms with Gasteiger partial charge in [0.05, 0.1) is 0 Å². The highest BCUT2D eigenvalue weighted by Crippen LogP contribution is 2.15. The lowest BCUT2D eigenvalue weighted by Crippen LogP contribution is -2.13. The molecule has 1 aromatic carbocycles. The fourth-order valence-electron chi connectivity index (χ4n) is 2.16. The van der Waals surface area contributed by atoms with E-state index in [4.69, 9.17) is 0 Å². The molecule has 0 atom stereocenters. The van der Waals surface area contributed by atoms with E-state index in [9.17, 15) is 4.79 Å². The number of carbonyl (C=O) groups excluding carboxylic acids is 1. The zero-order valence-corrected chi connectivity index (χ0v) is 11.4. The molecule has 3 aromatic rings. The molecule has 4 heteroatoms. The molecular formula is C16H15N3O. The fourth-order valence-corrected chi connectivity index (χ4v) is 2.16. The summed E-state index contributed by atoms with van der Waals surface area (Å²) in [7, 11) is 0. The Balaban J connectivity index is 1.93. The molecule has 0 fully saturated rings. The summed E-state index contributed by atoms with van der Waals surface area (Å²) in [5, 5.41) is 2.89. The Labute approximate surface area is 117 Å². The van der Waals surface area contributed by atoms with Crippen LogP contribution in [-0.4, -0.2) is 15.3 Å². The van der Waals surface area contributed by atoms with Gasteiger partial charge < -0.3 is 9.72 Å². The van der Waals surface area contributed by atoms with Crippen molar-refractivity contribution in [3.8, 4) is 0 Å². The smallest absolute Gasteiger partial charge is 0.275 e. The van der Waals surface area contributed by atoms with E-state index in [1.807, 2.05) is 60.7 Å². The van der Waals surface area contributed by atoms with Crippen molar-refractivity contribution < 1.29 is 4.79 Å². The molecule has 0 aliphatic carbocycles. The molecule has 0 unspecified atom stereocenters. The summed E-state index contributed by atoms with van der Waals surface area (Å²) in [6, 6.07) is 13.5. The molecule has 1 amide bonds. The van der Waals surface area contributed by atoms with E-state index in [1.54, 1.807) is 6.20 Å². The maximum Gasteiger partial charge on any atom is 0.275 e. The Hall–Kier alpha value is -2.62. The molecule has 100 valence electrons. The molecule has 2 aromatic heterocycles. The number of benzene rings is 1. The number of nitrogens with one attached hydrogen (secondary N) is 1. The topological polar surface area (TPSA) is 46.4 Å². The van der Waals surface area contributed by atoms with Gasteiger partial charge in [0.1, 0.15) is 11.3 Å². The Kier molecular flexibility index (Phi) is 2.99. The second kappa shape index (κ2) is 4.81. The second-order valence-electron chi connectivity index (χ2n) is 4.79. The molecule has 0 spiro atoms. The zero-order chi connectivity index (χ0) is 14.1. The normalized spacial score (nSPS) is 10.7.